The van der Waals surface area contributed by atoms with Crippen molar-refractivity contribution in [3.05, 3.63) is 53.2 Å². The fourth-order valence-corrected chi connectivity index (χ4v) is 1.97. The van der Waals surface area contributed by atoms with Crippen LogP contribution in [0.15, 0.2) is 40.0 Å². The average molecular weight is 432 g/mol. The molecule has 1 atom stereocenters. The fourth-order valence-electron chi connectivity index (χ4n) is 1.97. The second kappa shape index (κ2) is 9.49. The molecule has 1 aromatic heterocycles. The third kappa shape index (κ3) is 5.81. The Kier molecular flexibility index (Phi) is 8.01. The van der Waals surface area contributed by atoms with Gasteiger partial charge in [0.15, 0.2) is 5.96 Å². The number of nitrogens with zero attached hydrogens (tertiary/aromatic N) is 2. The summed E-state index contributed by atoms with van der Waals surface area (Å²) in [6.07, 6.45) is 1.52. The zero-order valence-corrected chi connectivity index (χ0v) is 15.8. The zero-order chi connectivity index (χ0) is 15.9. The highest BCUT2D eigenvalue weighted by atomic mass is 127. The lowest BCUT2D eigenvalue weighted by Gasteiger charge is -2.18. The van der Waals surface area contributed by atoms with Gasteiger partial charge in [-0.15, -0.1) is 24.0 Å². The van der Waals surface area contributed by atoms with Crippen molar-refractivity contribution in [2.24, 2.45) is 4.99 Å². The average Bonchev–Trinajstić information content (AvgIpc) is 3.01. The maximum Gasteiger partial charge on any atom is 0.192 e. The molecule has 1 unspecified atom stereocenters. The van der Waals surface area contributed by atoms with Crippen LogP contribution in [0.4, 0.5) is 4.39 Å². The molecule has 126 valence electrons. The number of guanidine groups is 1. The first-order valence-corrected chi connectivity index (χ1v) is 7.30. The van der Waals surface area contributed by atoms with E-state index in [-0.39, 0.29) is 35.8 Å². The molecule has 0 saturated heterocycles. The molecule has 2 aromatic rings. The summed E-state index contributed by atoms with van der Waals surface area (Å²) in [5.41, 5.74) is 2.27. The lowest BCUT2D eigenvalue weighted by molar-refractivity contribution is 0.412. The Morgan fingerprint density at radius 3 is 2.78 bits per heavy atom. The van der Waals surface area contributed by atoms with Crippen molar-refractivity contribution in [3.8, 4) is 0 Å². The van der Waals surface area contributed by atoms with Crippen LogP contribution in [0.5, 0.6) is 0 Å². The quantitative estimate of drug-likeness (QED) is 0.431. The van der Waals surface area contributed by atoms with Crippen LogP contribution in [0.1, 0.15) is 36.7 Å². The van der Waals surface area contributed by atoms with Crippen LogP contribution in [0.25, 0.3) is 0 Å². The van der Waals surface area contributed by atoms with E-state index >= 15 is 0 Å². The Morgan fingerprint density at radius 2 is 2.17 bits per heavy atom. The van der Waals surface area contributed by atoms with Crippen LogP contribution in [-0.2, 0) is 6.54 Å². The molecule has 0 amide bonds. The van der Waals surface area contributed by atoms with E-state index in [2.05, 4.69) is 20.8 Å². The van der Waals surface area contributed by atoms with Crippen LogP contribution in [-0.4, -0.2) is 17.7 Å². The molecule has 2 rings (SSSR count). The second-order valence-electron chi connectivity index (χ2n) is 5.06. The number of hydrogen-bond acceptors (Lipinski definition) is 3. The predicted octanol–water partition coefficient (Wildman–Crippen LogP) is 3.56. The molecule has 5 nitrogen and oxygen atoms in total. The number of aliphatic imine (C=N–C) groups is 1. The number of rotatable bonds is 5. The van der Waals surface area contributed by atoms with Crippen LogP contribution in [0, 0.1) is 12.7 Å². The van der Waals surface area contributed by atoms with Gasteiger partial charge in [-0.05, 0) is 38.0 Å². The van der Waals surface area contributed by atoms with E-state index in [9.17, 15) is 4.39 Å². The molecule has 2 N–H and O–H groups in total. The number of aromatic nitrogens is 1. The van der Waals surface area contributed by atoms with Gasteiger partial charge in [-0.25, -0.2) is 9.38 Å². The molecule has 7 heteroatoms. The van der Waals surface area contributed by atoms with Crippen LogP contribution in [0.3, 0.4) is 0 Å². The molecule has 0 fully saturated rings. The highest BCUT2D eigenvalue weighted by Gasteiger charge is 2.10. The van der Waals surface area contributed by atoms with Crippen molar-refractivity contribution in [2.75, 3.05) is 6.54 Å². The van der Waals surface area contributed by atoms with Crippen LogP contribution < -0.4 is 10.6 Å². The normalized spacial score (nSPS) is 12.4. The Labute approximate surface area is 152 Å². The SMILES string of the molecule is CCNC(=NCc1ccon1)NC(C)c1ccc(C)c(F)c1.I. The van der Waals surface area contributed by atoms with E-state index in [1.54, 1.807) is 25.1 Å². The third-order valence-corrected chi connectivity index (χ3v) is 3.28. The molecule has 0 spiro atoms. The highest BCUT2D eigenvalue weighted by molar-refractivity contribution is 14.0. The molecule has 0 radical (unpaired) electrons. The van der Waals surface area contributed by atoms with Gasteiger partial charge in [-0.2, -0.15) is 0 Å². The molecule has 0 aliphatic carbocycles. The summed E-state index contributed by atoms with van der Waals surface area (Å²) in [7, 11) is 0. The van der Waals surface area contributed by atoms with Crippen LogP contribution in [0.2, 0.25) is 0 Å². The summed E-state index contributed by atoms with van der Waals surface area (Å²) in [5, 5.41) is 10.2. The summed E-state index contributed by atoms with van der Waals surface area (Å²) in [4.78, 5) is 4.44. The molecule has 0 aliphatic rings. The van der Waals surface area contributed by atoms with E-state index in [0.717, 1.165) is 17.8 Å². The lowest BCUT2D eigenvalue weighted by Crippen LogP contribution is -2.38. The number of halogens is 2. The van der Waals surface area contributed by atoms with Crippen molar-refractivity contribution >= 4 is 29.9 Å². The standard InChI is InChI=1S/C16H21FN4O.HI/c1-4-18-16(19-10-14-7-8-22-21-14)20-12(3)13-6-5-11(2)15(17)9-13;/h5-9,12H,4,10H2,1-3H3,(H2,18,19,20);1H. The minimum absolute atomic E-state index is 0. The van der Waals surface area contributed by atoms with Gasteiger partial charge in [0.05, 0.1) is 12.6 Å². The Balaban J connectivity index is 0.00000264. The van der Waals surface area contributed by atoms with Gasteiger partial charge in [0.2, 0.25) is 0 Å². The van der Waals surface area contributed by atoms with E-state index in [4.69, 9.17) is 4.52 Å². The van der Waals surface area contributed by atoms with Gasteiger partial charge in [-0.1, -0.05) is 17.3 Å². The topological polar surface area (TPSA) is 62.5 Å². The van der Waals surface area contributed by atoms with Gasteiger partial charge in [0, 0.05) is 12.6 Å². The number of nitrogens with one attached hydrogen (secondary N) is 2. The first-order chi connectivity index (χ1) is 10.6. The van der Waals surface area contributed by atoms with Crippen molar-refractivity contribution < 1.29 is 8.91 Å². The monoisotopic (exact) mass is 432 g/mol. The van der Waals surface area contributed by atoms with Crippen molar-refractivity contribution in [2.45, 2.75) is 33.4 Å². The lowest BCUT2D eigenvalue weighted by atomic mass is 10.1. The van der Waals surface area contributed by atoms with E-state index in [0.29, 0.717) is 18.1 Å². The first kappa shape index (κ1) is 19.4. The molecular weight excluding hydrogens is 410 g/mol. The molecule has 1 aromatic carbocycles. The fraction of sp³-hybridized carbons (Fsp3) is 0.375. The minimum Gasteiger partial charge on any atom is -0.364 e. The molecule has 0 bridgehead atoms. The van der Waals surface area contributed by atoms with Gasteiger partial charge in [-0.3, -0.25) is 0 Å². The van der Waals surface area contributed by atoms with E-state index in [1.165, 1.54) is 6.26 Å². The molecule has 0 aliphatic heterocycles. The van der Waals surface area contributed by atoms with Crippen molar-refractivity contribution in [1.29, 1.82) is 0 Å². The smallest absolute Gasteiger partial charge is 0.192 e. The second-order valence-corrected chi connectivity index (χ2v) is 5.06. The highest BCUT2D eigenvalue weighted by Crippen LogP contribution is 2.16. The third-order valence-electron chi connectivity index (χ3n) is 3.28. The molecule has 0 saturated carbocycles. The van der Waals surface area contributed by atoms with Gasteiger partial charge < -0.3 is 15.2 Å². The Morgan fingerprint density at radius 1 is 1.39 bits per heavy atom. The maximum absolute atomic E-state index is 13.7. The largest absolute Gasteiger partial charge is 0.364 e. The number of hydrogen-bond donors (Lipinski definition) is 2. The van der Waals surface area contributed by atoms with E-state index in [1.807, 2.05) is 19.9 Å². The summed E-state index contributed by atoms with van der Waals surface area (Å²) >= 11 is 0. The summed E-state index contributed by atoms with van der Waals surface area (Å²) in [5.74, 6) is 0.453. The van der Waals surface area contributed by atoms with E-state index < -0.39 is 0 Å². The molecule has 23 heavy (non-hydrogen) atoms. The predicted molar refractivity (Wildman–Crippen MR) is 99.4 cm³/mol. The Hall–Kier alpha value is -1.64. The number of aryl methyl sites for hydroxylation is 1. The first-order valence-electron chi connectivity index (χ1n) is 7.30. The molecule has 1 heterocycles. The number of benzene rings is 1. The zero-order valence-electron chi connectivity index (χ0n) is 13.5. The van der Waals surface area contributed by atoms with Gasteiger partial charge in [0.25, 0.3) is 0 Å². The van der Waals surface area contributed by atoms with Crippen molar-refractivity contribution in [3.63, 3.8) is 0 Å². The summed E-state index contributed by atoms with van der Waals surface area (Å²) in [6.45, 7) is 6.86. The Bertz CT molecular complexity index is 631. The minimum atomic E-state index is -0.198. The van der Waals surface area contributed by atoms with Crippen LogP contribution >= 0.6 is 24.0 Å². The summed E-state index contributed by atoms with van der Waals surface area (Å²) < 4.78 is 18.4. The van der Waals surface area contributed by atoms with Crippen molar-refractivity contribution in [1.82, 2.24) is 15.8 Å². The van der Waals surface area contributed by atoms with Gasteiger partial charge >= 0.3 is 0 Å². The maximum atomic E-state index is 13.7. The molecular formula is C16H22FIN4O. The summed E-state index contributed by atoms with van der Waals surface area (Å²) in [6, 6.07) is 6.95. The van der Waals surface area contributed by atoms with Gasteiger partial charge in [0.1, 0.15) is 17.8 Å².